The van der Waals surface area contributed by atoms with Crippen LogP contribution >= 0.6 is 0 Å². The molecule has 3 atom stereocenters. The maximum absolute atomic E-state index is 12.5. The Bertz CT molecular complexity index is 312. The molecule has 2 bridgehead atoms. The molecule has 0 aromatic carbocycles. The molecule has 1 saturated carbocycles. The number of hydrogen-bond acceptors (Lipinski definition) is 2. The van der Waals surface area contributed by atoms with E-state index >= 15 is 0 Å². The van der Waals surface area contributed by atoms with Crippen molar-refractivity contribution in [3.05, 3.63) is 0 Å². The minimum absolute atomic E-state index is 0.366. The molecule has 3 nitrogen and oxygen atoms in total. The van der Waals surface area contributed by atoms with Crippen molar-refractivity contribution in [2.24, 2.45) is 5.92 Å². The van der Waals surface area contributed by atoms with Crippen LogP contribution in [-0.4, -0.2) is 46.9 Å². The Morgan fingerprint density at radius 1 is 1.22 bits per heavy atom. The Morgan fingerprint density at radius 3 is 2.39 bits per heavy atom. The zero-order valence-electron chi connectivity index (χ0n) is 11.8. The summed E-state index contributed by atoms with van der Waals surface area (Å²) in [6.07, 6.45) is 7.28. The molecule has 3 heterocycles. The molecule has 0 spiro atoms. The number of amides is 1. The summed E-state index contributed by atoms with van der Waals surface area (Å²) in [4.78, 5) is 17.3. The van der Waals surface area contributed by atoms with Crippen molar-refractivity contribution in [3.8, 4) is 0 Å². The predicted molar refractivity (Wildman–Crippen MR) is 72.3 cm³/mol. The van der Waals surface area contributed by atoms with Gasteiger partial charge in [0.1, 0.15) is 0 Å². The summed E-state index contributed by atoms with van der Waals surface area (Å²) in [5.74, 6) is 0.850. The largest absolute Gasteiger partial charge is 0.334 e. The number of carbonyl (C=O) groups excluding carboxylic acids is 1. The fraction of sp³-hybridized carbons (Fsp3) is 0.933. The minimum Gasteiger partial charge on any atom is -0.334 e. The van der Waals surface area contributed by atoms with Crippen molar-refractivity contribution in [1.29, 1.82) is 0 Å². The van der Waals surface area contributed by atoms with Crippen molar-refractivity contribution >= 4 is 5.91 Å². The number of carbonyl (C=O) groups is 1. The van der Waals surface area contributed by atoms with Gasteiger partial charge in [0.25, 0.3) is 0 Å². The molecule has 4 fully saturated rings. The zero-order chi connectivity index (χ0) is 12.7. The molecular formula is C15H26N2O. The van der Waals surface area contributed by atoms with Crippen LogP contribution in [0.3, 0.4) is 0 Å². The molecule has 0 N–H and O–H groups in total. The number of hydrogen-bond donors (Lipinski definition) is 0. The van der Waals surface area contributed by atoms with Gasteiger partial charge in [-0.3, -0.25) is 9.69 Å². The molecule has 4 aliphatic rings. The maximum atomic E-state index is 12.5. The quantitative estimate of drug-likeness (QED) is 0.767. The van der Waals surface area contributed by atoms with E-state index in [1.165, 1.54) is 25.7 Å². The highest BCUT2D eigenvalue weighted by molar-refractivity contribution is 5.80. The van der Waals surface area contributed by atoms with E-state index in [0.29, 0.717) is 30.0 Å². The highest BCUT2D eigenvalue weighted by atomic mass is 16.2. The highest BCUT2D eigenvalue weighted by Crippen LogP contribution is 2.37. The lowest BCUT2D eigenvalue weighted by molar-refractivity contribution is -0.159. The van der Waals surface area contributed by atoms with Crippen LogP contribution in [-0.2, 0) is 4.79 Å². The van der Waals surface area contributed by atoms with E-state index in [1.807, 2.05) is 0 Å². The second-order valence-corrected chi connectivity index (χ2v) is 6.48. The first-order chi connectivity index (χ1) is 8.70. The van der Waals surface area contributed by atoms with Gasteiger partial charge < -0.3 is 4.90 Å². The molecule has 0 radical (unpaired) electrons. The lowest BCUT2D eigenvalue weighted by atomic mass is 9.84. The summed E-state index contributed by atoms with van der Waals surface area (Å²) in [6, 6.07) is 1.75. The number of piperazine rings is 1. The Balaban J connectivity index is 1.60. The Kier molecular flexibility index (Phi) is 3.35. The van der Waals surface area contributed by atoms with E-state index in [2.05, 4.69) is 23.6 Å². The molecular weight excluding hydrogens is 224 g/mol. The van der Waals surface area contributed by atoms with E-state index in [9.17, 15) is 4.79 Å². The predicted octanol–water partition coefficient (Wildman–Crippen LogP) is 2.26. The Hall–Kier alpha value is -0.570. The Morgan fingerprint density at radius 2 is 1.83 bits per heavy atom. The van der Waals surface area contributed by atoms with Crippen molar-refractivity contribution in [1.82, 2.24) is 9.80 Å². The van der Waals surface area contributed by atoms with Crippen molar-refractivity contribution in [2.75, 3.05) is 13.1 Å². The SMILES string of the molecule is CCC(C)N1CC2CC(C1)N2C(=O)C1CCCC1. The second-order valence-electron chi connectivity index (χ2n) is 6.48. The molecule has 18 heavy (non-hydrogen) atoms. The van der Waals surface area contributed by atoms with Gasteiger partial charge in [-0.05, 0) is 32.6 Å². The fourth-order valence-electron chi connectivity index (χ4n) is 4.00. The van der Waals surface area contributed by atoms with Crippen LogP contribution in [0.2, 0.25) is 0 Å². The first kappa shape index (κ1) is 12.5. The molecule has 3 heteroatoms. The van der Waals surface area contributed by atoms with Gasteiger partial charge in [-0.1, -0.05) is 19.8 Å². The molecule has 3 saturated heterocycles. The summed E-state index contributed by atoms with van der Waals surface area (Å²) in [5.41, 5.74) is 0. The van der Waals surface area contributed by atoms with E-state index in [1.54, 1.807) is 0 Å². The third-order valence-electron chi connectivity index (χ3n) is 5.39. The van der Waals surface area contributed by atoms with Gasteiger partial charge in [0.05, 0.1) is 0 Å². The van der Waals surface area contributed by atoms with Crippen LogP contribution < -0.4 is 0 Å². The van der Waals surface area contributed by atoms with E-state index < -0.39 is 0 Å². The van der Waals surface area contributed by atoms with Gasteiger partial charge in [0.15, 0.2) is 0 Å². The van der Waals surface area contributed by atoms with E-state index in [-0.39, 0.29) is 0 Å². The van der Waals surface area contributed by atoms with Gasteiger partial charge in [-0.25, -0.2) is 0 Å². The monoisotopic (exact) mass is 250 g/mol. The van der Waals surface area contributed by atoms with Gasteiger partial charge in [0, 0.05) is 37.1 Å². The second kappa shape index (κ2) is 4.84. The van der Waals surface area contributed by atoms with Crippen molar-refractivity contribution in [2.45, 2.75) is 70.5 Å². The molecule has 3 aliphatic heterocycles. The normalized spacial score (nSPS) is 34.4. The number of nitrogens with zero attached hydrogens (tertiary/aromatic N) is 2. The minimum atomic E-state index is 0.366. The van der Waals surface area contributed by atoms with Crippen LogP contribution in [0.4, 0.5) is 0 Å². The van der Waals surface area contributed by atoms with Gasteiger partial charge in [-0.15, -0.1) is 0 Å². The zero-order valence-corrected chi connectivity index (χ0v) is 11.8. The first-order valence-corrected chi connectivity index (χ1v) is 7.77. The molecule has 1 aliphatic carbocycles. The van der Waals surface area contributed by atoms with Crippen LogP contribution in [0.5, 0.6) is 0 Å². The van der Waals surface area contributed by atoms with Crippen LogP contribution in [0, 0.1) is 5.92 Å². The van der Waals surface area contributed by atoms with Crippen LogP contribution in [0.15, 0.2) is 0 Å². The van der Waals surface area contributed by atoms with Crippen molar-refractivity contribution in [3.63, 3.8) is 0 Å². The van der Waals surface area contributed by atoms with Gasteiger partial charge >= 0.3 is 0 Å². The average Bonchev–Trinajstić information content (AvgIpc) is 2.91. The van der Waals surface area contributed by atoms with E-state index in [0.717, 1.165) is 25.9 Å². The van der Waals surface area contributed by atoms with E-state index in [4.69, 9.17) is 0 Å². The Labute approximate surface area is 111 Å². The topological polar surface area (TPSA) is 23.6 Å². The standard InChI is InChI=1S/C15H26N2O/c1-3-11(2)16-9-13-8-14(10-16)17(13)15(18)12-6-4-5-7-12/h11-14H,3-10H2,1-2H3. The van der Waals surface area contributed by atoms with Crippen LogP contribution in [0.1, 0.15) is 52.4 Å². The number of fused-ring (bicyclic) bond motifs is 2. The smallest absolute Gasteiger partial charge is 0.226 e. The summed E-state index contributed by atoms with van der Waals surface area (Å²) in [7, 11) is 0. The van der Waals surface area contributed by atoms with Gasteiger partial charge in [0.2, 0.25) is 5.91 Å². The first-order valence-electron chi connectivity index (χ1n) is 7.77. The molecule has 3 unspecified atom stereocenters. The highest BCUT2D eigenvalue weighted by Gasteiger charge is 2.49. The van der Waals surface area contributed by atoms with Gasteiger partial charge in [-0.2, -0.15) is 0 Å². The number of piperidine rings is 1. The summed E-state index contributed by atoms with van der Waals surface area (Å²) >= 11 is 0. The molecule has 102 valence electrons. The molecule has 1 amide bonds. The molecule has 0 aromatic heterocycles. The third kappa shape index (κ3) is 1.97. The fourth-order valence-corrected chi connectivity index (χ4v) is 4.00. The summed E-state index contributed by atoms with van der Waals surface area (Å²) < 4.78 is 0. The average molecular weight is 250 g/mol. The van der Waals surface area contributed by atoms with Crippen LogP contribution in [0.25, 0.3) is 0 Å². The summed E-state index contributed by atoms with van der Waals surface area (Å²) in [6.45, 7) is 6.80. The maximum Gasteiger partial charge on any atom is 0.226 e. The lowest BCUT2D eigenvalue weighted by Crippen LogP contribution is -2.71. The lowest BCUT2D eigenvalue weighted by Gasteiger charge is -2.58. The van der Waals surface area contributed by atoms with Crippen molar-refractivity contribution < 1.29 is 4.79 Å². The summed E-state index contributed by atoms with van der Waals surface area (Å²) in [5, 5.41) is 0. The third-order valence-corrected chi connectivity index (χ3v) is 5.39. The number of rotatable bonds is 3. The molecule has 4 rings (SSSR count). The molecule has 0 aromatic rings.